The number of rotatable bonds is 8. The van der Waals surface area contributed by atoms with E-state index >= 15 is 0 Å². The van der Waals surface area contributed by atoms with Crippen molar-refractivity contribution >= 4 is 22.4 Å². The van der Waals surface area contributed by atoms with E-state index in [0.29, 0.717) is 46.9 Å². The van der Waals surface area contributed by atoms with Crippen LogP contribution in [0.1, 0.15) is 24.8 Å². The van der Waals surface area contributed by atoms with E-state index in [2.05, 4.69) is 20.2 Å². The van der Waals surface area contributed by atoms with E-state index < -0.39 is 5.82 Å². The van der Waals surface area contributed by atoms with Gasteiger partial charge in [0.15, 0.2) is 11.5 Å². The molecule has 4 rings (SSSR count). The Kier molecular flexibility index (Phi) is 7.10. The highest BCUT2D eigenvalue weighted by molar-refractivity contribution is 5.93. The minimum absolute atomic E-state index is 0.0114. The van der Waals surface area contributed by atoms with E-state index in [4.69, 9.17) is 9.47 Å². The molecule has 1 fully saturated rings. The Balaban J connectivity index is 1.56. The largest absolute Gasteiger partial charge is 0.508 e. The number of aromatic hydroxyl groups is 1. The molecule has 0 amide bonds. The molecule has 0 saturated carbocycles. The summed E-state index contributed by atoms with van der Waals surface area (Å²) in [7, 11) is 1.55. The number of phenols is 1. The van der Waals surface area contributed by atoms with Crippen LogP contribution in [0.4, 0.5) is 15.9 Å². The van der Waals surface area contributed by atoms with Crippen molar-refractivity contribution < 1.29 is 24.1 Å². The van der Waals surface area contributed by atoms with Crippen LogP contribution in [0.3, 0.4) is 0 Å². The molecule has 176 valence electrons. The van der Waals surface area contributed by atoms with Crippen molar-refractivity contribution in [3.63, 3.8) is 0 Å². The molecular formula is C24H29FN4O4. The number of piperidine rings is 1. The SMILES string of the molecule is COc1cc2c(Nc3c(F)ccc(O)c3C)ncnc2cc1OCCN1CCCCC1CO. The number of hydrogen-bond donors (Lipinski definition) is 3. The number of anilines is 2. The molecule has 1 unspecified atom stereocenters. The van der Waals surface area contributed by atoms with Gasteiger partial charge >= 0.3 is 0 Å². The van der Waals surface area contributed by atoms with Crippen LogP contribution in [-0.2, 0) is 0 Å². The highest BCUT2D eigenvalue weighted by Gasteiger charge is 2.21. The fourth-order valence-corrected chi connectivity index (χ4v) is 4.21. The number of ether oxygens (including phenoxy) is 2. The maximum atomic E-state index is 14.4. The van der Waals surface area contributed by atoms with Crippen molar-refractivity contribution in [2.24, 2.45) is 0 Å². The third-order valence-electron chi connectivity index (χ3n) is 6.15. The number of aliphatic hydroxyl groups excluding tert-OH is 1. The van der Waals surface area contributed by atoms with Crippen molar-refractivity contribution in [3.8, 4) is 17.2 Å². The molecule has 0 spiro atoms. The number of nitrogens with one attached hydrogen (secondary N) is 1. The monoisotopic (exact) mass is 456 g/mol. The average molecular weight is 457 g/mol. The van der Waals surface area contributed by atoms with Crippen LogP contribution >= 0.6 is 0 Å². The van der Waals surface area contributed by atoms with Crippen molar-refractivity contribution in [2.75, 3.05) is 38.7 Å². The van der Waals surface area contributed by atoms with Gasteiger partial charge < -0.3 is 25.0 Å². The molecule has 33 heavy (non-hydrogen) atoms. The molecule has 1 atom stereocenters. The number of aliphatic hydroxyl groups is 1. The number of phenolic OH excluding ortho intramolecular Hbond substituents is 1. The fraction of sp³-hybridized carbons (Fsp3) is 0.417. The summed E-state index contributed by atoms with van der Waals surface area (Å²) in [5, 5.41) is 23.2. The summed E-state index contributed by atoms with van der Waals surface area (Å²) in [6, 6.07) is 6.22. The van der Waals surface area contributed by atoms with Gasteiger partial charge in [-0.15, -0.1) is 0 Å². The van der Waals surface area contributed by atoms with Crippen molar-refractivity contribution in [2.45, 2.75) is 32.2 Å². The van der Waals surface area contributed by atoms with E-state index in [0.717, 1.165) is 25.8 Å². The zero-order valence-electron chi connectivity index (χ0n) is 18.8. The first-order valence-electron chi connectivity index (χ1n) is 11.1. The van der Waals surface area contributed by atoms with Gasteiger partial charge in [-0.1, -0.05) is 6.42 Å². The van der Waals surface area contributed by atoms with E-state index in [1.807, 2.05) is 0 Å². The third-order valence-corrected chi connectivity index (χ3v) is 6.15. The molecule has 0 aliphatic carbocycles. The predicted octanol–water partition coefficient (Wildman–Crippen LogP) is 3.76. The molecule has 2 aromatic carbocycles. The first kappa shape index (κ1) is 23.0. The fourth-order valence-electron chi connectivity index (χ4n) is 4.21. The minimum atomic E-state index is -0.497. The van der Waals surface area contributed by atoms with Crippen LogP contribution in [0.15, 0.2) is 30.6 Å². The first-order valence-corrected chi connectivity index (χ1v) is 11.1. The second kappa shape index (κ2) is 10.2. The van der Waals surface area contributed by atoms with Crippen LogP contribution in [0.5, 0.6) is 17.2 Å². The van der Waals surface area contributed by atoms with Crippen LogP contribution in [0.2, 0.25) is 0 Å². The maximum Gasteiger partial charge on any atom is 0.163 e. The molecule has 8 nitrogen and oxygen atoms in total. The normalized spacial score (nSPS) is 16.7. The molecule has 1 aromatic heterocycles. The summed E-state index contributed by atoms with van der Waals surface area (Å²) in [6.07, 6.45) is 4.66. The number of hydrogen-bond acceptors (Lipinski definition) is 8. The van der Waals surface area contributed by atoms with Gasteiger partial charge in [0.05, 0.1) is 24.9 Å². The minimum Gasteiger partial charge on any atom is -0.508 e. The number of benzene rings is 2. The van der Waals surface area contributed by atoms with Gasteiger partial charge in [0.25, 0.3) is 0 Å². The summed E-state index contributed by atoms with van der Waals surface area (Å²) in [5.74, 6) is 0.930. The Bertz CT molecular complexity index is 1130. The number of likely N-dealkylation sites (tertiary alicyclic amines) is 1. The Morgan fingerprint density at radius 1 is 1.21 bits per heavy atom. The van der Waals surface area contributed by atoms with Crippen LogP contribution in [-0.4, -0.2) is 64.5 Å². The standard InChI is InChI=1S/C24H29FN4O4/c1-15-20(31)7-6-18(25)23(15)28-24-17-11-21(32-2)22(12-19(17)26-14-27-24)33-10-9-29-8-4-3-5-16(29)13-30/h6-7,11-12,14,16,30-31H,3-5,8-10,13H2,1-2H3,(H,26,27,28). The summed E-state index contributed by atoms with van der Waals surface area (Å²) >= 11 is 0. The third kappa shape index (κ3) is 4.94. The molecular weight excluding hydrogens is 427 g/mol. The summed E-state index contributed by atoms with van der Waals surface area (Å²) in [4.78, 5) is 10.9. The summed E-state index contributed by atoms with van der Waals surface area (Å²) in [5.41, 5.74) is 1.13. The Labute approximate surface area is 192 Å². The smallest absolute Gasteiger partial charge is 0.163 e. The van der Waals surface area contributed by atoms with E-state index in [1.165, 1.54) is 18.5 Å². The summed E-state index contributed by atoms with van der Waals surface area (Å²) in [6.45, 7) is 3.89. The second-order valence-corrected chi connectivity index (χ2v) is 8.15. The highest BCUT2D eigenvalue weighted by atomic mass is 19.1. The van der Waals surface area contributed by atoms with Crippen molar-refractivity contribution in [3.05, 3.63) is 42.0 Å². The molecule has 3 aromatic rings. The highest BCUT2D eigenvalue weighted by Crippen LogP contribution is 2.36. The predicted molar refractivity (Wildman–Crippen MR) is 124 cm³/mol. The molecule has 2 heterocycles. The molecule has 1 aliphatic heterocycles. The average Bonchev–Trinajstić information content (AvgIpc) is 2.84. The topological polar surface area (TPSA) is 100.0 Å². The van der Waals surface area contributed by atoms with Crippen LogP contribution in [0.25, 0.3) is 10.9 Å². The Morgan fingerprint density at radius 2 is 2.06 bits per heavy atom. The van der Waals surface area contributed by atoms with Gasteiger partial charge in [-0.2, -0.15) is 0 Å². The van der Waals surface area contributed by atoms with Gasteiger partial charge in [0.1, 0.15) is 30.3 Å². The zero-order valence-corrected chi connectivity index (χ0v) is 18.8. The van der Waals surface area contributed by atoms with Gasteiger partial charge in [0.2, 0.25) is 0 Å². The second-order valence-electron chi connectivity index (χ2n) is 8.15. The van der Waals surface area contributed by atoms with Crippen molar-refractivity contribution in [1.82, 2.24) is 14.9 Å². The van der Waals surface area contributed by atoms with Crippen molar-refractivity contribution in [1.29, 1.82) is 0 Å². The lowest BCUT2D eigenvalue weighted by Crippen LogP contribution is -2.43. The van der Waals surface area contributed by atoms with Gasteiger partial charge in [-0.25, -0.2) is 14.4 Å². The van der Waals surface area contributed by atoms with E-state index in [1.54, 1.807) is 26.2 Å². The molecule has 0 bridgehead atoms. The molecule has 1 aliphatic rings. The molecule has 1 saturated heterocycles. The number of aromatic nitrogens is 2. The number of fused-ring (bicyclic) bond motifs is 1. The van der Waals surface area contributed by atoms with Crippen LogP contribution < -0.4 is 14.8 Å². The lowest BCUT2D eigenvalue weighted by Gasteiger charge is -2.34. The Morgan fingerprint density at radius 3 is 2.85 bits per heavy atom. The number of nitrogens with zero attached hydrogens (tertiary/aromatic N) is 3. The zero-order chi connectivity index (χ0) is 23.4. The molecule has 9 heteroatoms. The van der Waals surface area contributed by atoms with Gasteiger partial charge in [-0.3, -0.25) is 4.90 Å². The summed E-state index contributed by atoms with van der Waals surface area (Å²) < 4.78 is 25.9. The maximum absolute atomic E-state index is 14.4. The van der Waals surface area contributed by atoms with Gasteiger partial charge in [-0.05, 0) is 44.5 Å². The molecule has 0 radical (unpaired) electrons. The van der Waals surface area contributed by atoms with Gasteiger partial charge in [0, 0.05) is 29.6 Å². The lowest BCUT2D eigenvalue weighted by atomic mass is 10.0. The lowest BCUT2D eigenvalue weighted by molar-refractivity contribution is 0.0769. The quantitative estimate of drug-likeness (QED) is 0.471. The van der Waals surface area contributed by atoms with E-state index in [9.17, 15) is 14.6 Å². The number of methoxy groups -OCH3 is 1. The van der Waals surface area contributed by atoms with E-state index in [-0.39, 0.29) is 24.1 Å². The molecule has 3 N–H and O–H groups in total. The van der Waals surface area contributed by atoms with Crippen LogP contribution in [0, 0.1) is 12.7 Å². The first-order chi connectivity index (χ1) is 16.0. The Hall–Kier alpha value is -3.17. The number of halogens is 1.